The van der Waals surface area contributed by atoms with Gasteiger partial charge in [-0.25, -0.2) is 0 Å². The molecule has 0 aliphatic rings. The van der Waals surface area contributed by atoms with Gasteiger partial charge in [-0.05, 0) is 29.1 Å². The Balaban J connectivity index is 3.02. The largest absolute Gasteiger partial charge is 0.285 e. The fourth-order valence-electron chi connectivity index (χ4n) is 0.517. The van der Waals surface area contributed by atoms with Gasteiger partial charge in [-0.1, -0.05) is 4.49 Å². The van der Waals surface area contributed by atoms with Crippen molar-refractivity contribution in [3.8, 4) is 0 Å². The van der Waals surface area contributed by atoms with Crippen molar-refractivity contribution in [2.24, 2.45) is 5.11 Å². The van der Waals surface area contributed by atoms with Gasteiger partial charge < -0.3 is 0 Å². The van der Waals surface area contributed by atoms with Crippen LogP contribution in [0, 0.1) is 6.92 Å². The summed E-state index contributed by atoms with van der Waals surface area (Å²) in [4.78, 5) is 13.8. The SMILES string of the molecule is Cc1snnc1C(=O)N=[N+]=[N-]. The van der Waals surface area contributed by atoms with E-state index in [-0.39, 0.29) is 5.69 Å². The van der Waals surface area contributed by atoms with Crippen molar-refractivity contribution >= 4 is 17.4 Å². The summed E-state index contributed by atoms with van der Waals surface area (Å²) in [6, 6.07) is 0. The van der Waals surface area contributed by atoms with E-state index in [4.69, 9.17) is 5.53 Å². The smallest absolute Gasteiger partial charge is 0.270 e. The Hall–Kier alpha value is -1.46. The molecular weight excluding hydrogens is 166 g/mol. The first-order valence-corrected chi connectivity index (χ1v) is 3.41. The molecule has 0 aliphatic carbocycles. The standard InChI is InChI=1S/C4H3N5OS/c1-2-3(6-9-11-2)4(10)7-8-5/h1H3. The third kappa shape index (κ3) is 1.51. The molecule has 0 aromatic carbocycles. The quantitative estimate of drug-likeness (QED) is 0.360. The van der Waals surface area contributed by atoms with Crippen molar-refractivity contribution in [2.45, 2.75) is 6.92 Å². The van der Waals surface area contributed by atoms with Gasteiger partial charge in [0, 0.05) is 4.91 Å². The summed E-state index contributed by atoms with van der Waals surface area (Å²) < 4.78 is 3.51. The number of amides is 1. The molecule has 0 unspecified atom stereocenters. The summed E-state index contributed by atoms with van der Waals surface area (Å²) in [6.07, 6.45) is 0. The molecule has 0 N–H and O–H groups in total. The van der Waals surface area contributed by atoms with E-state index >= 15 is 0 Å². The van der Waals surface area contributed by atoms with Crippen molar-refractivity contribution in [1.29, 1.82) is 0 Å². The fraction of sp³-hybridized carbons (Fsp3) is 0.250. The van der Waals surface area contributed by atoms with E-state index in [1.807, 2.05) is 0 Å². The van der Waals surface area contributed by atoms with Gasteiger partial charge in [0.1, 0.15) is 0 Å². The van der Waals surface area contributed by atoms with E-state index < -0.39 is 5.91 Å². The van der Waals surface area contributed by atoms with Crippen LogP contribution in [0.4, 0.5) is 0 Å². The van der Waals surface area contributed by atoms with Crippen LogP contribution in [0.2, 0.25) is 0 Å². The molecular formula is C4H3N5OS. The van der Waals surface area contributed by atoms with Crippen molar-refractivity contribution < 1.29 is 4.79 Å². The first-order valence-electron chi connectivity index (χ1n) is 2.64. The van der Waals surface area contributed by atoms with Gasteiger partial charge in [0.15, 0.2) is 5.69 Å². The van der Waals surface area contributed by atoms with Gasteiger partial charge in [0.05, 0.1) is 4.88 Å². The number of aromatic nitrogens is 2. The molecule has 0 aliphatic heterocycles. The third-order valence-electron chi connectivity index (χ3n) is 0.990. The molecule has 7 heteroatoms. The number of nitrogens with zero attached hydrogens (tertiary/aromatic N) is 5. The summed E-state index contributed by atoms with van der Waals surface area (Å²) in [7, 11) is 0. The molecule has 0 bridgehead atoms. The Morgan fingerprint density at radius 3 is 3.00 bits per heavy atom. The van der Waals surface area contributed by atoms with Crippen LogP contribution in [0.5, 0.6) is 0 Å². The summed E-state index contributed by atoms with van der Waals surface area (Å²) in [5, 5.41) is 6.36. The molecule has 0 fully saturated rings. The van der Waals surface area contributed by atoms with Gasteiger partial charge in [0.25, 0.3) is 5.91 Å². The average Bonchev–Trinajstić information content (AvgIpc) is 2.36. The minimum atomic E-state index is -0.682. The van der Waals surface area contributed by atoms with Crippen LogP contribution in [-0.4, -0.2) is 15.5 Å². The van der Waals surface area contributed by atoms with E-state index in [0.29, 0.717) is 4.88 Å². The Bertz CT molecular complexity index is 325. The second kappa shape index (κ2) is 3.09. The van der Waals surface area contributed by atoms with Gasteiger partial charge in [-0.3, -0.25) is 4.79 Å². The van der Waals surface area contributed by atoms with Crippen molar-refractivity contribution in [2.75, 3.05) is 0 Å². The molecule has 0 spiro atoms. The van der Waals surface area contributed by atoms with Crippen molar-refractivity contribution in [3.63, 3.8) is 0 Å². The summed E-state index contributed by atoms with van der Waals surface area (Å²) in [5.41, 5.74) is 8.05. The number of carbonyl (C=O) groups is 1. The molecule has 0 atom stereocenters. The van der Waals surface area contributed by atoms with E-state index in [1.165, 1.54) is 0 Å². The maximum atomic E-state index is 10.8. The zero-order chi connectivity index (χ0) is 8.27. The number of hydrogen-bond acceptors (Lipinski definition) is 4. The normalized spacial score (nSPS) is 8.82. The molecule has 1 heterocycles. The average molecular weight is 169 g/mol. The van der Waals surface area contributed by atoms with E-state index in [0.717, 1.165) is 11.5 Å². The molecule has 1 aromatic heterocycles. The maximum absolute atomic E-state index is 10.8. The van der Waals surface area contributed by atoms with Gasteiger partial charge in [-0.2, -0.15) is 0 Å². The first kappa shape index (κ1) is 7.64. The highest BCUT2D eigenvalue weighted by molar-refractivity contribution is 7.05. The number of carbonyl (C=O) groups excluding carboxylic acids is 1. The van der Waals surface area contributed by atoms with E-state index in [9.17, 15) is 4.79 Å². The van der Waals surface area contributed by atoms with Crippen LogP contribution >= 0.6 is 11.5 Å². The highest BCUT2D eigenvalue weighted by Crippen LogP contribution is 2.08. The Morgan fingerprint density at radius 1 is 1.82 bits per heavy atom. The topological polar surface area (TPSA) is 91.6 Å². The number of rotatable bonds is 1. The lowest BCUT2D eigenvalue weighted by Gasteiger charge is -1.83. The van der Waals surface area contributed by atoms with Gasteiger partial charge in [-0.15, -0.1) is 5.10 Å². The van der Waals surface area contributed by atoms with E-state index in [1.54, 1.807) is 6.92 Å². The van der Waals surface area contributed by atoms with Crippen LogP contribution in [0.1, 0.15) is 15.4 Å². The lowest BCUT2D eigenvalue weighted by atomic mass is 10.4. The Labute approximate surface area is 65.6 Å². The van der Waals surface area contributed by atoms with Crippen molar-refractivity contribution in [3.05, 3.63) is 21.0 Å². The summed E-state index contributed by atoms with van der Waals surface area (Å²) in [6.45, 7) is 1.69. The minimum Gasteiger partial charge on any atom is -0.285 e. The third-order valence-corrected chi connectivity index (χ3v) is 1.62. The second-order valence-electron chi connectivity index (χ2n) is 1.67. The highest BCUT2D eigenvalue weighted by Gasteiger charge is 2.10. The fourth-order valence-corrected chi connectivity index (χ4v) is 0.977. The molecule has 0 saturated carbocycles. The lowest BCUT2D eigenvalue weighted by Crippen LogP contribution is -1.95. The first-order chi connectivity index (χ1) is 5.25. The van der Waals surface area contributed by atoms with Crippen LogP contribution < -0.4 is 0 Å². The molecule has 1 amide bonds. The Morgan fingerprint density at radius 2 is 2.55 bits per heavy atom. The van der Waals surface area contributed by atoms with Crippen LogP contribution in [0.15, 0.2) is 5.11 Å². The summed E-state index contributed by atoms with van der Waals surface area (Å²) in [5.74, 6) is -0.682. The van der Waals surface area contributed by atoms with Crippen LogP contribution in [-0.2, 0) is 0 Å². The number of aryl methyl sites for hydroxylation is 1. The predicted octanol–water partition coefficient (Wildman–Crippen LogP) is 1.30. The Kier molecular flexibility index (Phi) is 2.15. The van der Waals surface area contributed by atoms with Gasteiger partial charge >= 0.3 is 0 Å². The number of azide groups is 1. The molecule has 11 heavy (non-hydrogen) atoms. The zero-order valence-electron chi connectivity index (χ0n) is 5.55. The predicted molar refractivity (Wildman–Crippen MR) is 38.1 cm³/mol. The zero-order valence-corrected chi connectivity index (χ0v) is 6.37. The maximum Gasteiger partial charge on any atom is 0.270 e. The molecule has 1 rings (SSSR count). The molecule has 0 saturated heterocycles. The second-order valence-corrected chi connectivity index (χ2v) is 2.63. The monoisotopic (exact) mass is 169 g/mol. The number of hydrogen-bond donors (Lipinski definition) is 0. The van der Waals surface area contributed by atoms with Crippen LogP contribution in [0.3, 0.4) is 0 Å². The minimum absolute atomic E-state index is 0.132. The molecule has 56 valence electrons. The highest BCUT2D eigenvalue weighted by atomic mass is 32.1. The molecule has 6 nitrogen and oxygen atoms in total. The lowest BCUT2D eigenvalue weighted by molar-refractivity contribution is 0.0995. The van der Waals surface area contributed by atoms with E-state index in [2.05, 4.69) is 19.6 Å². The van der Waals surface area contributed by atoms with Crippen molar-refractivity contribution in [1.82, 2.24) is 9.59 Å². The molecule has 1 aromatic rings. The van der Waals surface area contributed by atoms with Gasteiger partial charge in [0.2, 0.25) is 0 Å². The molecule has 0 radical (unpaired) electrons. The van der Waals surface area contributed by atoms with Crippen LogP contribution in [0.25, 0.3) is 10.4 Å². The summed E-state index contributed by atoms with van der Waals surface area (Å²) >= 11 is 1.09.